The second-order valence-corrected chi connectivity index (χ2v) is 4.96. The molecule has 1 unspecified atom stereocenters. The summed E-state index contributed by atoms with van der Waals surface area (Å²) in [7, 11) is 0. The minimum Gasteiger partial charge on any atom is -0.372 e. The summed E-state index contributed by atoms with van der Waals surface area (Å²) in [5.74, 6) is 5.66. The second-order valence-electron chi connectivity index (χ2n) is 4.18. The largest absolute Gasteiger partial charge is 0.372 e. The predicted octanol–water partition coefficient (Wildman–Crippen LogP) is 2.33. The van der Waals surface area contributed by atoms with Crippen LogP contribution in [0, 0.1) is 0 Å². The van der Waals surface area contributed by atoms with E-state index in [4.69, 9.17) is 10.6 Å². The van der Waals surface area contributed by atoms with Crippen molar-refractivity contribution < 1.29 is 4.74 Å². The van der Waals surface area contributed by atoms with Gasteiger partial charge in [-0.15, -0.1) is 0 Å². The molecule has 0 bridgehead atoms. The van der Waals surface area contributed by atoms with E-state index in [1.54, 1.807) is 11.3 Å². The fraction of sp³-hybridized carbons (Fsp3) is 0.231. The van der Waals surface area contributed by atoms with Crippen molar-refractivity contribution >= 4 is 11.3 Å². The summed E-state index contributed by atoms with van der Waals surface area (Å²) in [6.45, 7) is 1.44. The van der Waals surface area contributed by atoms with Crippen LogP contribution in [-0.4, -0.2) is 0 Å². The number of ether oxygens (including phenoxy) is 1. The second kappa shape index (κ2) is 4.58. The van der Waals surface area contributed by atoms with Crippen molar-refractivity contribution in [3.05, 3.63) is 57.3 Å². The number of fused-ring (bicyclic) bond motifs is 1. The van der Waals surface area contributed by atoms with E-state index < -0.39 is 0 Å². The molecule has 1 atom stereocenters. The monoisotopic (exact) mass is 246 g/mol. The quantitative estimate of drug-likeness (QED) is 0.645. The maximum atomic E-state index is 5.66. The van der Waals surface area contributed by atoms with Crippen LogP contribution in [0.15, 0.2) is 35.0 Å². The first kappa shape index (κ1) is 10.9. The van der Waals surface area contributed by atoms with Gasteiger partial charge in [0.2, 0.25) is 0 Å². The van der Waals surface area contributed by atoms with E-state index in [0.717, 1.165) is 6.61 Å². The highest BCUT2D eigenvalue weighted by atomic mass is 32.1. The normalized spacial score (nSPS) is 15.8. The minimum absolute atomic E-state index is 0.0622. The Morgan fingerprint density at radius 1 is 1.18 bits per heavy atom. The van der Waals surface area contributed by atoms with Gasteiger partial charge in [0, 0.05) is 0 Å². The molecule has 1 aliphatic rings. The number of nitrogens with two attached hydrogens (primary N) is 1. The van der Waals surface area contributed by atoms with Gasteiger partial charge in [-0.05, 0) is 39.1 Å². The Morgan fingerprint density at radius 3 is 2.82 bits per heavy atom. The van der Waals surface area contributed by atoms with Gasteiger partial charge in [0.15, 0.2) is 0 Å². The molecular formula is C13H14N2OS. The molecule has 1 aromatic heterocycles. The summed E-state index contributed by atoms with van der Waals surface area (Å²) in [5, 5.41) is 4.18. The third-order valence-corrected chi connectivity index (χ3v) is 3.82. The van der Waals surface area contributed by atoms with Crippen molar-refractivity contribution in [3.8, 4) is 0 Å². The minimum atomic E-state index is 0.0622. The maximum absolute atomic E-state index is 5.66. The third kappa shape index (κ3) is 2.00. The number of hydrogen-bond donors (Lipinski definition) is 2. The average Bonchev–Trinajstić information content (AvgIpc) is 2.99. The van der Waals surface area contributed by atoms with E-state index >= 15 is 0 Å². The first-order valence-corrected chi connectivity index (χ1v) is 6.50. The van der Waals surface area contributed by atoms with Gasteiger partial charge >= 0.3 is 0 Å². The van der Waals surface area contributed by atoms with Gasteiger partial charge in [-0.2, -0.15) is 11.3 Å². The lowest BCUT2D eigenvalue weighted by molar-refractivity contribution is 0.134. The van der Waals surface area contributed by atoms with Crippen LogP contribution < -0.4 is 11.3 Å². The Morgan fingerprint density at radius 2 is 2.06 bits per heavy atom. The molecule has 0 saturated carbocycles. The van der Waals surface area contributed by atoms with Gasteiger partial charge in [0.25, 0.3) is 0 Å². The molecule has 2 heterocycles. The Balaban J connectivity index is 1.97. The molecule has 0 radical (unpaired) electrons. The highest BCUT2D eigenvalue weighted by molar-refractivity contribution is 7.08. The van der Waals surface area contributed by atoms with E-state index in [1.165, 1.54) is 22.3 Å². The van der Waals surface area contributed by atoms with Crippen molar-refractivity contribution in [2.75, 3.05) is 0 Å². The van der Waals surface area contributed by atoms with Crippen molar-refractivity contribution in [2.24, 2.45) is 5.84 Å². The summed E-state index contributed by atoms with van der Waals surface area (Å²) in [6, 6.07) is 8.60. The molecule has 0 fully saturated rings. The van der Waals surface area contributed by atoms with Crippen LogP contribution >= 0.6 is 11.3 Å². The van der Waals surface area contributed by atoms with E-state index in [2.05, 4.69) is 40.5 Å². The number of nitrogens with one attached hydrogen (secondary N) is 1. The molecule has 3 nitrogen and oxygen atoms in total. The van der Waals surface area contributed by atoms with Gasteiger partial charge in [-0.25, -0.2) is 5.43 Å². The van der Waals surface area contributed by atoms with Crippen LogP contribution in [0.4, 0.5) is 0 Å². The molecule has 17 heavy (non-hydrogen) atoms. The summed E-state index contributed by atoms with van der Waals surface area (Å²) in [6.07, 6.45) is 0. The first-order valence-electron chi connectivity index (χ1n) is 5.56. The summed E-state index contributed by atoms with van der Waals surface area (Å²) in [5.41, 5.74) is 7.84. The zero-order chi connectivity index (χ0) is 11.7. The molecular weight excluding hydrogens is 232 g/mol. The molecule has 4 heteroatoms. The maximum Gasteiger partial charge on any atom is 0.0725 e. The Kier molecular flexibility index (Phi) is 2.94. The molecule has 0 saturated heterocycles. The van der Waals surface area contributed by atoms with Crippen LogP contribution in [0.5, 0.6) is 0 Å². The van der Waals surface area contributed by atoms with Crippen LogP contribution in [-0.2, 0) is 18.0 Å². The van der Waals surface area contributed by atoms with Crippen LogP contribution in [0.25, 0.3) is 0 Å². The van der Waals surface area contributed by atoms with Crippen LogP contribution in [0.1, 0.15) is 28.3 Å². The fourth-order valence-corrected chi connectivity index (χ4v) is 2.88. The third-order valence-electron chi connectivity index (χ3n) is 3.12. The lowest BCUT2D eigenvalue weighted by Crippen LogP contribution is -2.28. The van der Waals surface area contributed by atoms with E-state index in [9.17, 15) is 0 Å². The van der Waals surface area contributed by atoms with Crippen molar-refractivity contribution in [2.45, 2.75) is 19.3 Å². The van der Waals surface area contributed by atoms with E-state index in [-0.39, 0.29) is 6.04 Å². The zero-order valence-corrected chi connectivity index (χ0v) is 10.2. The van der Waals surface area contributed by atoms with Crippen LogP contribution in [0.3, 0.4) is 0 Å². The Labute approximate surface area is 104 Å². The zero-order valence-electron chi connectivity index (χ0n) is 9.35. The molecule has 1 aliphatic heterocycles. The Hall–Kier alpha value is -1.20. The van der Waals surface area contributed by atoms with Gasteiger partial charge in [-0.1, -0.05) is 18.2 Å². The number of benzene rings is 1. The summed E-state index contributed by atoms with van der Waals surface area (Å²) >= 11 is 1.68. The number of thiophene rings is 1. The number of rotatable bonds is 3. The van der Waals surface area contributed by atoms with Gasteiger partial charge in [0.1, 0.15) is 0 Å². The number of hydrogen-bond acceptors (Lipinski definition) is 4. The lowest BCUT2D eigenvalue weighted by Gasteiger charge is -2.16. The SMILES string of the molecule is NNC(c1ccsc1)c1ccc2c(c1)COC2. The van der Waals surface area contributed by atoms with Gasteiger partial charge in [-0.3, -0.25) is 5.84 Å². The van der Waals surface area contributed by atoms with Gasteiger partial charge in [0.05, 0.1) is 19.3 Å². The molecule has 2 aromatic rings. The molecule has 0 spiro atoms. The average molecular weight is 246 g/mol. The van der Waals surface area contributed by atoms with Crippen molar-refractivity contribution in [1.29, 1.82) is 0 Å². The topological polar surface area (TPSA) is 47.3 Å². The van der Waals surface area contributed by atoms with Crippen LogP contribution in [0.2, 0.25) is 0 Å². The van der Waals surface area contributed by atoms with Crippen molar-refractivity contribution in [3.63, 3.8) is 0 Å². The predicted molar refractivity (Wildman–Crippen MR) is 68.4 cm³/mol. The van der Waals surface area contributed by atoms with E-state index in [1.807, 2.05) is 0 Å². The summed E-state index contributed by atoms with van der Waals surface area (Å²) < 4.78 is 5.42. The standard InChI is InChI=1S/C13H14N2OS/c14-15-13(11-3-4-17-8-11)9-1-2-10-6-16-7-12(10)5-9/h1-5,8,13,15H,6-7,14H2. The van der Waals surface area contributed by atoms with E-state index in [0.29, 0.717) is 6.61 Å². The van der Waals surface area contributed by atoms with Gasteiger partial charge < -0.3 is 4.74 Å². The highest BCUT2D eigenvalue weighted by Gasteiger charge is 2.17. The molecule has 88 valence electrons. The fourth-order valence-electron chi connectivity index (χ4n) is 2.20. The first-order chi connectivity index (χ1) is 8.38. The summed E-state index contributed by atoms with van der Waals surface area (Å²) in [4.78, 5) is 0. The Bertz CT molecular complexity index is 510. The molecule has 3 rings (SSSR count). The molecule has 0 amide bonds. The molecule has 1 aromatic carbocycles. The molecule has 3 N–H and O–H groups in total. The lowest BCUT2D eigenvalue weighted by atomic mass is 9.98. The smallest absolute Gasteiger partial charge is 0.0725 e. The highest BCUT2D eigenvalue weighted by Crippen LogP contribution is 2.28. The van der Waals surface area contributed by atoms with Crippen molar-refractivity contribution in [1.82, 2.24) is 5.43 Å². The number of hydrazine groups is 1. The molecule has 0 aliphatic carbocycles.